The lowest BCUT2D eigenvalue weighted by molar-refractivity contribution is -0.140. The zero-order chi connectivity index (χ0) is 41.9. The molecule has 2 aromatic carbocycles. The molecule has 12 heteroatoms. The highest BCUT2D eigenvalue weighted by atomic mass is 16.5. The van der Waals surface area contributed by atoms with E-state index in [4.69, 9.17) is 14.7 Å². The Bertz CT molecular complexity index is 2200. The molecule has 316 valence electrons. The Morgan fingerprint density at radius 1 is 0.850 bits per heavy atom. The highest BCUT2D eigenvalue weighted by Gasteiger charge is 2.52. The molecule has 2 bridgehead atoms. The molecular weight excluding hydrogens is 753 g/mol. The lowest BCUT2D eigenvalue weighted by Gasteiger charge is -2.40. The number of hydrogen-bond donors (Lipinski definition) is 3. The number of carbonyl (C=O) groups is 3. The van der Waals surface area contributed by atoms with Gasteiger partial charge < -0.3 is 29.8 Å². The van der Waals surface area contributed by atoms with Gasteiger partial charge in [0.05, 0.1) is 43.0 Å². The summed E-state index contributed by atoms with van der Waals surface area (Å²) >= 11 is 0. The van der Waals surface area contributed by atoms with Crippen LogP contribution in [0.5, 0.6) is 0 Å². The zero-order valence-electron chi connectivity index (χ0n) is 35.7. The third-order valence-electron chi connectivity index (χ3n) is 13.3. The predicted molar refractivity (Wildman–Crippen MR) is 233 cm³/mol. The largest absolute Gasteiger partial charge is 0.453 e. The van der Waals surface area contributed by atoms with Crippen LogP contribution in [0.15, 0.2) is 84.7 Å². The molecule has 6 unspecified atom stereocenters. The normalized spacial score (nSPS) is 22.3. The molecule has 2 aliphatic carbocycles. The summed E-state index contributed by atoms with van der Waals surface area (Å²) in [6.07, 6.45) is 17.5. The fraction of sp³-hybridized carbons (Fsp3) is 0.479. The first-order valence-corrected chi connectivity index (χ1v) is 22.1. The maximum atomic E-state index is 14.6. The van der Waals surface area contributed by atoms with Crippen LogP contribution in [-0.4, -0.2) is 97.4 Å². The Kier molecular flexibility index (Phi) is 12.4. The SMILES string of the molecule is CCN(CC)C(C(=O)N1C2CCC(C2)C1c1ncc(-c2ccc(-c3ccc(-c4cnc(C5CCCCN5C(=O)C(NC(=O)OC)C(C)C)[nH]4)cc3)cc2)[nH]1)C1=CC=CCC1. The standard InChI is InChI=1S/C48H60N8O4/c1-6-54(7-2)43(35-13-9-8-10-14-35)47(58)56-37-25-24-36(27-37)42(56)45-50-29-39(52-45)34-22-18-32(19-23-34)31-16-20-33(21-17-31)38-28-49-44(51-38)40-15-11-12-26-55(40)46(57)41(30(3)4)53-48(59)60-5/h8-9,13,16-23,28-30,36-37,40-43H,6-7,10-12,14-15,24-27H2,1-5H3,(H,49,51)(H,50,52)(H,53,59). The second-order valence-corrected chi connectivity index (χ2v) is 17.2. The number of nitrogens with zero attached hydrogens (tertiary/aromatic N) is 5. The van der Waals surface area contributed by atoms with E-state index >= 15 is 0 Å². The number of amides is 3. The van der Waals surface area contributed by atoms with Crippen LogP contribution < -0.4 is 5.32 Å². The molecule has 6 atom stereocenters. The Balaban J connectivity index is 0.952. The number of aromatic nitrogens is 4. The van der Waals surface area contributed by atoms with Crippen molar-refractivity contribution >= 4 is 17.9 Å². The predicted octanol–water partition coefficient (Wildman–Crippen LogP) is 8.61. The average Bonchev–Trinajstić information content (AvgIpc) is 4.13. The second-order valence-electron chi connectivity index (χ2n) is 17.2. The molecule has 3 amide bonds. The van der Waals surface area contributed by atoms with Gasteiger partial charge in [0.15, 0.2) is 0 Å². The molecule has 3 N–H and O–H groups in total. The zero-order valence-corrected chi connectivity index (χ0v) is 35.7. The van der Waals surface area contributed by atoms with E-state index in [2.05, 4.69) is 106 Å². The summed E-state index contributed by atoms with van der Waals surface area (Å²) in [5.41, 5.74) is 7.32. The first kappa shape index (κ1) is 41.3. The third kappa shape index (κ3) is 8.18. The number of hydrogen-bond acceptors (Lipinski definition) is 7. The number of alkyl carbamates (subject to hydrolysis) is 1. The first-order chi connectivity index (χ1) is 29.2. The van der Waals surface area contributed by atoms with Crippen molar-refractivity contribution in [3.05, 3.63) is 96.4 Å². The molecule has 2 saturated heterocycles. The minimum absolute atomic E-state index is 0.0387. The molecule has 60 heavy (non-hydrogen) atoms. The van der Waals surface area contributed by atoms with Gasteiger partial charge in [0, 0.05) is 12.6 Å². The molecule has 8 rings (SSSR count). The molecule has 0 spiro atoms. The Morgan fingerprint density at radius 2 is 1.48 bits per heavy atom. The van der Waals surface area contributed by atoms with Gasteiger partial charge in [0.2, 0.25) is 11.8 Å². The summed E-state index contributed by atoms with van der Waals surface area (Å²) in [5, 5.41) is 2.73. The lowest BCUT2D eigenvalue weighted by Crippen LogP contribution is -2.53. The van der Waals surface area contributed by atoms with Crippen LogP contribution in [0, 0.1) is 11.8 Å². The van der Waals surface area contributed by atoms with Crippen molar-refractivity contribution < 1.29 is 19.1 Å². The topological polar surface area (TPSA) is 140 Å². The van der Waals surface area contributed by atoms with Crippen LogP contribution in [0.3, 0.4) is 0 Å². The number of H-pyrrole nitrogens is 2. The highest BCUT2D eigenvalue weighted by Crippen LogP contribution is 2.50. The quantitative estimate of drug-likeness (QED) is 0.123. The molecule has 3 fully saturated rings. The summed E-state index contributed by atoms with van der Waals surface area (Å²) in [5.74, 6) is 2.07. The van der Waals surface area contributed by atoms with Crippen LogP contribution in [0.2, 0.25) is 0 Å². The maximum Gasteiger partial charge on any atom is 0.407 e. The van der Waals surface area contributed by atoms with Gasteiger partial charge in [0.25, 0.3) is 0 Å². The molecule has 4 aliphatic rings. The van der Waals surface area contributed by atoms with Gasteiger partial charge in [-0.2, -0.15) is 0 Å². The van der Waals surface area contributed by atoms with Gasteiger partial charge >= 0.3 is 6.09 Å². The van der Waals surface area contributed by atoms with E-state index in [1.165, 1.54) is 12.7 Å². The summed E-state index contributed by atoms with van der Waals surface area (Å²) < 4.78 is 4.80. The van der Waals surface area contributed by atoms with E-state index in [1.54, 1.807) is 0 Å². The number of fused-ring (bicyclic) bond motifs is 2. The van der Waals surface area contributed by atoms with Crippen molar-refractivity contribution in [1.82, 2.24) is 40.0 Å². The fourth-order valence-corrected chi connectivity index (χ4v) is 10.1. The smallest absolute Gasteiger partial charge is 0.407 e. The van der Waals surface area contributed by atoms with Crippen molar-refractivity contribution in [2.45, 2.75) is 109 Å². The summed E-state index contributed by atoms with van der Waals surface area (Å²) in [7, 11) is 1.31. The third-order valence-corrected chi connectivity index (χ3v) is 13.3. The van der Waals surface area contributed by atoms with E-state index in [0.717, 1.165) is 110 Å². The molecule has 4 heterocycles. The number of piperidine rings is 2. The number of ether oxygens (including phenoxy) is 1. The minimum atomic E-state index is -0.681. The number of likely N-dealkylation sites (N-methyl/N-ethyl adjacent to an activating group) is 1. The molecular formula is C48H60N8O4. The Morgan fingerprint density at radius 3 is 2.08 bits per heavy atom. The fourth-order valence-electron chi connectivity index (χ4n) is 10.1. The van der Waals surface area contributed by atoms with E-state index < -0.39 is 12.1 Å². The minimum Gasteiger partial charge on any atom is -0.453 e. The maximum absolute atomic E-state index is 14.6. The van der Waals surface area contributed by atoms with E-state index in [-0.39, 0.29) is 41.9 Å². The Labute approximate surface area is 353 Å². The van der Waals surface area contributed by atoms with Crippen molar-refractivity contribution in [2.75, 3.05) is 26.7 Å². The number of allylic oxidation sites excluding steroid dienone is 3. The number of rotatable bonds is 13. The van der Waals surface area contributed by atoms with Crippen LogP contribution in [0.25, 0.3) is 33.6 Å². The molecule has 12 nitrogen and oxygen atoms in total. The molecule has 4 aromatic rings. The number of nitrogens with one attached hydrogen (secondary N) is 3. The molecule has 0 radical (unpaired) electrons. The molecule has 2 aliphatic heterocycles. The number of carbonyl (C=O) groups excluding carboxylic acids is 3. The van der Waals surface area contributed by atoms with E-state index in [1.807, 2.05) is 31.1 Å². The molecule has 1 saturated carbocycles. The van der Waals surface area contributed by atoms with Crippen molar-refractivity contribution in [1.29, 1.82) is 0 Å². The van der Waals surface area contributed by atoms with E-state index in [0.29, 0.717) is 12.5 Å². The summed E-state index contributed by atoms with van der Waals surface area (Å²) in [6, 6.07) is 16.1. The lowest BCUT2D eigenvalue weighted by atomic mass is 9.92. The monoisotopic (exact) mass is 812 g/mol. The van der Waals surface area contributed by atoms with Crippen molar-refractivity contribution in [2.24, 2.45) is 11.8 Å². The second kappa shape index (κ2) is 18.0. The number of imidazole rings is 2. The molecule has 2 aromatic heterocycles. The van der Waals surface area contributed by atoms with Crippen LogP contribution in [-0.2, 0) is 14.3 Å². The van der Waals surface area contributed by atoms with Gasteiger partial charge in [-0.15, -0.1) is 0 Å². The van der Waals surface area contributed by atoms with Crippen molar-refractivity contribution in [3.8, 4) is 33.6 Å². The summed E-state index contributed by atoms with van der Waals surface area (Å²) in [6.45, 7) is 10.4. The number of aromatic amines is 2. The average molecular weight is 813 g/mol. The van der Waals surface area contributed by atoms with Crippen LogP contribution in [0.4, 0.5) is 4.79 Å². The Hall–Kier alpha value is -5.49. The van der Waals surface area contributed by atoms with Gasteiger partial charge in [-0.25, -0.2) is 14.8 Å². The van der Waals surface area contributed by atoms with Gasteiger partial charge in [-0.1, -0.05) is 94.5 Å². The summed E-state index contributed by atoms with van der Waals surface area (Å²) in [4.78, 5) is 63.7. The van der Waals surface area contributed by atoms with E-state index in [9.17, 15) is 14.4 Å². The van der Waals surface area contributed by atoms with Crippen LogP contribution in [0.1, 0.15) is 103 Å². The van der Waals surface area contributed by atoms with Crippen LogP contribution >= 0.6 is 0 Å². The van der Waals surface area contributed by atoms with Crippen molar-refractivity contribution in [3.63, 3.8) is 0 Å². The number of benzene rings is 2. The van der Waals surface area contributed by atoms with Gasteiger partial charge in [-0.05, 0) is 104 Å². The van der Waals surface area contributed by atoms with Gasteiger partial charge in [-0.3, -0.25) is 14.5 Å². The number of likely N-dealkylation sites (tertiary alicyclic amines) is 2. The van der Waals surface area contributed by atoms with Gasteiger partial charge in [0.1, 0.15) is 23.7 Å². The first-order valence-electron chi connectivity index (χ1n) is 22.1. The number of methoxy groups -OCH3 is 1. The highest BCUT2D eigenvalue weighted by molar-refractivity contribution is 5.87.